The molecule has 7 heteroatoms. The number of amides is 1. The van der Waals surface area contributed by atoms with Gasteiger partial charge in [0.25, 0.3) is 0 Å². The first kappa shape index (κ1) is 17.0. The molecule has 120 valence electrons. The topological polar surface area (TPSA) is 57.7 Å². The van der Waals surface area contributed by atoms with Crippen molar-refractivity contribution in [1.82, 2.24) is 9.21 Å². The van der Waals surface area contributed by atoms with Crippen molar-refractivity contribution in [2.45, 2.75) is 11.8 Å². The third-order valence-corrected chi connectivity index (χ3v) is 6.23. The summed E-state index contributed by atoms with van der Waals surface area (Å²) >= 11 is 6.00. The van der Waals surface area contributed by atoms with E-state index < -0.39 is 10.0 Å². The number of nitrogens with zero attached hydrogens (tertiary/aromatic N) is 2. The van der Waals surface area contributed by atoms with Crippen LogP contribution in [0.5, 0.6) is 0 Å². The molecule has 0 aromatic heterocycles. The predicted molar refractivity (Wildman–Crippen MR) is 86.3 cm³/mol. The summed E-state index contributed by atoms with van der Waals surface area (Å²) < 4.78 is 26.6. The Kier molecular flexibility index (Phi) is 4.94. The van der Waals surface area contributed by atoms with Crippen LogP contribution in [0.25, 0.3) is 0 Å². The van der Waals surface area contributed by atoms with Gasteiger partial charge in [-0.3, -0.25) is 4.79 Å². The first-order valence-corrected chi connectivity index (χ1v) is 8.72. The molecule has 1 aromatic rings. The van der Waals surface area contributed by atoms with Crippen molar-refractivity contribution in [3.63, 3.8) is 0 Å². The van der Waals surface area contributed by atoms with Crippen LogP contribution >= 0.6 is 11.6 Å². The lowest BCUT2D eigenvalue weighted by atomic mass is 10.0. The molecule has 1 amide bonds. The highest BCUT2D eigenvalue weighted by Crippen LogP contribution is 2.30. The number of likely N-dealkylation sites (N-methyl/N-ethyl adjacent to an activating group) is 1. The maximum absolute atomic E-state index is 12.6. The molecule has 0 unspecified atom stereocenters. The van der Waals surface area contributed by atoms with Crippen molar-refractivity contribution in [1.29, 1.82) is 0 Å². The lowest BCUT2D eigenvalue weighted by molar-refractivity contribution is -0.125. The summed E-state index contributed by atoms with van der Waals surface area (Å²) in [5.41, 5.74) is 0.562. The minimum Gasteiger partial charge on any atom is -0.342 e. The Hall–Kier alpha value is -1.37. The number of sulfonamides is 1. The second-order valence-electron chi connectivity index (χ2n) is 5.47. The lowest BCUT2D eigenvalue weighted by Gasteiger charge is -2.39. The summed E-state index contributed by atoms with van der Waals surface area (Å²) in [4.78, 5) is 13.2. The molecule has 1 saturated heterocycles. The van der Waals surface area contributed by atoms with Crippen LogP contribution in [-0.4, -0.2) is 50.2 Å². The Morgan fingerprint density at radius 3 is 2.73 bits per heavy atom. The Bertz CT molecular complexity index is 697. The van der Waals surface area contributed by atoms with E-state index in [1.54, 1.807) is 37.1 Å². The van der Waals surface area contributed by atoms with Crippen LogP contribution in [-0.2, 0) is 14.8 Å². The Balaban J connectivity index is 2.05. The van der Waals surface area contributed by atoms with Gasteiger partial charge in [0.15, 0.2) is 0 Å². The van der Waals surface area contributed by atoms with Crippen LogP contribution in [0, 0.1) is 12.8 Å². The summed E-state index contributed by atoms with van der Waals surface area (Å²) in [7, 11) is -1.84. The maximum Gasteiger partial charge on any atom is 0.245 e. The number of hydrogen-bond donors (Lipinski definition) is 0. The Labute approximate surface area is 136 Å². The molecule has 0 radical (unpaired) electrons. The molecule has 0 N–H and O–H groups in total. The average molecular weight is 343 g/mol. The predicted octanol–water partition coefficient (Wildman–Crippen LogP) is 1.91. The smallest absolute Gasteiger partial charge is 0.245 e. The van der Waals surface area contributed by atoms with Gasteiger partial charge in [-0.1, -0.05) is 24.2 Å². The third-order valence-electron chi connectivity index (χ3n) is 3.84. The number of hydrogen-bond acceptors (Lipinski definition) is 3. The quantitative estimate of drug-likeness (QED) is 0.768. The second-order valence-corrected chi connectivity index (χ2v) is 7.79. The lowest BCUT2D eigenvalue weighted by Crippen LogP contribution is -2.53. The van der Waals surface area contributed by atoms with Gasteiger partial charge in [-0.2, -0.15) is 4.31 Å². The van der Waals surface area contributed by atoms with E-state index in [4.69, 9.17) is 11.6 Å². The maximum atomic E-state index is 12.6. The van der Waals surface area contributed by atoms with Gasteiger partial charge >= 0.3 is 0 Å². The van der Waals surface area contributed by atoms with E-state index in [0.717, 1.165) is 0 Å². The zero-order valence-corrected chi connectivity index (χ0v) is 14.2. The molecule has 1 heterocycles. The molecular weight excluding hydrogens is 324 g/mol. The molecule has 0 saturated carbocycles. The minimum atomic E-state index is -3.52. The van der Waals surface area contributed by atoms with Crippen molar-refractivity contribution < 1.29 is 13.2 Å². The van der Waals surface area contributed by atoms with Gasteiger partial charge in [-0.05, 0) is 30.7 Å². The molecular formula is C15H19ClN2O3S. The van der Waals surface area contributed by atoms with Gasteiger partial charge in [0, 0.05) is 37.6 Å². The SMILES string of the molecule is C=CC(=O)N(C)CC1CN(S(=O)(=O)c2cccc(Cl)c2C)C1. The standard InChI is InChI=1S/C15H19ClN2O3S/c1-4-15(19)17(3)8-12-9-18(10-12)22(20,21)14-7-5-6-13(16)11(14)2/h4-7,12H,1,8-10H2,2-3H3. The molecule has 0 bridgehead atoms. The van der Waals surface area contributed by atoms with E-state index in [1.807, 2.05) is 0 Å². The van der Waals surface area contributed by atoms with Crippen molar-refractivity contribution in [2.75, 3.05) is 26.7 Å². The molecule has 1 fully saturated rings. The zero-order chi connectivity index (χ0) is 16.5. The minimum absolute atomic E-state index is 0.142. The monoisotopic (exact) mass is 342 g/mol. The van der Waals surface area contributed by atoms with Crippen molar-refractivity contribution in [3.05, 3.63) is 41.4 Å². The van der Waals surface area contributed by atoms with E-state index in [2.05, 4.69) is 6.58 Å². The van der Waals surface area contributed by atoms with Crippen molar-refractivity contribution >= 4 is 27.5 Å². The molecule has 5 nitrogen and oxygen atoms in total. The number of rotatable bonds is 5. The van der Waals surface area contributed by atoms with E-state index in [1.165, 1.54) is 10.4 Å². The number of carbonyl (C=O) groups excluding carboxylic acids is 1. The first-order valence-electron chi connectivity index (χ1n) is 6.90. The van der Waals surface area contributed by atoms with Gasteiger partial charge < -0.3 is 4.90 Å². The fourth-order valence-corrected chi connectivity index (χ4v) is 4.54. The fourth-order valence-electron chi connectivity index (χ4n) is 2.47. The molecule has 22 heavy (non-hydrogen) atoms. The van der Waals surface area contributed by atoms with E-state index in [-0.39, 0.29) is 16.7 Å². The molecule has 2 rings (SSSR count). The zero-order valence-electron chi connectivity index (χ0n) is 12.6. The molecule has 1 aliphatic rings. The van der Waals surface area contributed by atoms with Crippen LogP contribution in [0.4, 0.5) is 0 Å². The number of halogens is 1. The van der Waals surface area contributed by atoms with E-state index in [0.29, 0.717) is 30.2 Å². The Morgan fingerprint density at radius 1 is 1.50 bits per heavy atom. The highest BCUT2D eigenvalue weighted by Gasteiger charge is 2.38. The van der Waals surface area contributed by atoms with Crippen LogP contribution in [0.3, 0.4) is 0 Å². The summed E-state index contributed by atoms with van der Waals surface area (Å²) in [5, 5.41) is 0.439. The number of carbonyl (C=O) groups is 1. The van der Waals surface area contributed by atoms with Crippen LogP contribution < -0.4 is 0 Å². The molecule has 1 aromatic carbocycles. The highest BCUT2D eigenvalue weighted by molar-refractivity contribution is 7.89. The Morgan fingerprint density at radius 2 is 2.14 bits per heavy atom. The highest BCUT2D eigenvalue weighted by atomic mass is 35.5. The number of benzene rings is 1. The molecule has 1 aliphatic heterocycles. The molecule has 0 spiro atoms. The van der Waals surface area contributed by atoms with E-state index in [9.17, 15) is 13.2 Å². The fraction of sp³-hybridized carbons (Fsp3) is 0.400. The van der Waals surface area contributed by atoms with Gasteiger partial charge in [-0.15, -0.1) is 0 Å². The second kappa shape index (κ2) is 6.40. The van der Waals surface area contributed by atoms with Gasteiger partial charge in [0.1, 0.15) is 0 Å². The first-order chi connectivity index (χ1) is 10.3. The summed E-state index contributed by atoms with van der Waals surface area (Å²) in [6, 6.07) is 4.87. The van der Waals surface area contributed by atoms with Gasteiger partial charge in [0.2, 0.25) is 15.9 Å². The average Bonchev–Trinajstić information content (AvgIpc) is 2.43. The normalized spacial score (nSPS) is 16.1. The van der Waals surface area contributed by atoms with Gasteiger partial charge in [-0.25, -0.2) is 8.42 Å². The van der Waals surface area contributed by atoms with Crippen LogP contribution in [0.1, 0.15) is 5.56 Å². The molecule has 0 atom stereocenters. The van der Waals surface area contributed by atoms with Crippen molar-refractivity contribution in [3.8, 4) is 0 Å². The summed E-state index contributed by atoms with van der Waals surface area (Å²) in [6.45, 7) is 6.46. The van der Waals surface area contributed by atoms with E-state index >= 15 is 0 Å². The van der Waals surface area contributed by atoms with Crippen LogP contribution in [0.15, 0.2) is 35.7 Å². The van der Waals surface area contributed by atoms with Gasteiger partial charge in [0.05, 0.1) is 4.90 Å². The summed E-state index contributed by atoms with van der Waals surface area (Å²) in [5.74, 6) is -0.0184. The van der Waals surface area contributed by atoms with Crippen molar-refractivity contribution in [2.24, 2.45) is 5.92 Å². The third kappa shape index (κ3) is 3.19. The molecule has 0 aliphatic carbocycles. The largest absolute Gasteiger partial charge is 0.342 e. The van der Waals surface area contributed by atoms with Crippen LogP contribution in [0.2, 0.25) is 5.02 Å². The summed E-state index contributed by atoms with van der Waals surface area (Å²) in [6.07, 6.45) is 1.25.